The summed E-state index contributed by atoms with van der Waals surface area (Å²) in [6.07, 6.45) is 4.59. The van der Waals surface area contributed by atoms with E-state index in [1.807, 2.05) is 18.2 Å². The molecule has 44 heavy (non-hydrogen) atoms. The third-order valence-corrected chi connectivity index (χ3v) is 8.36. The minimum absolute atomic E-state index is 0.00951. The summed E-state index contributed by atoms with van der Waals surface area (Å²) < 4.78 is 20.2. The average Bonchev–Trinajstić information content (AvgIpc) is 2.99. The monoisotopic (exact) mass is 603 g/mol. The van der Waals surface area contributed by atoms with Crippen LogP contribution in [0.1, 0.15) is 61.9 Å². The summed E-state index contributed by atoms with van der Waals surface area (Å²) in [6, 6.07) is 18.0. The third kappa shape index (κ3) is 8.76. The predicted molar refractivity (Wildman–Crippen MR) is 168 cm³/mol. The summed E-state index contributed by atoms with van der Waals surface area (Å²) in [5.74, 6) is -0.609. The number of piperazine rings is 1. The number of carbonyl (C=O) groups is 2. The van der Waals surface area contributed by atoms with Crippen LogP contribution in [0.3, 0.4) is 0 Å². The second-order valence-electron chi connectivity index (χ2n) is 12.1. The number of nitrogens with zero attached hydrogens (tertiary/aromatic N) is 2. The molecule has 5 rings (SSSR count). The maximum Gasteiger partial charge on any atom is 0.404 e. The minimum atomic E-state index is -1.05. The Bertz CT molecular complexity index is 1420. The SMILES string of the molecule is C[C@@H]1CN(CCCc2ccc(-c3cccc(Oc4ncc(F)cc4C(=O)NC4CCC(NC(=O)O)CC4)c3)cc2)C[C@H](C)N1. The maximum absolute atomic E-state index is 14.2. The van der Waals surface area contributed by atoms with E-state index in [0.717, 1.165) is 55.9 Å². The Labute approximate surface area is 258 Å². The second-order valence-corrected chi connectivity index (χ2v) is 12.1. The van der Waals surface area contributed by atoms with Crippen LogP contribution in [-0.4, -0.2) is 70.8 Å². The van der Waals surface area contributed by atoms with E-state index < -0.39 is 17.8 Å². The van der Waals surface area contributed by atoms with E-state index in [9.17, 15) is 14.0 Å². The summed E-state index contributed by atoms with van der Waals surface area (Å²) in [5, 5.41) is 17.9. The lowest BCUT2D eigenvalue weighted by Gasteiger charge is -2.36. The van der Waals surface area contributed by atoms with Crippen LogP contribution >= 0.6 is 0 Å². The Morgan fingerprint density at radius 1 is 0.977 bits per heavy atom. The zero-order valence-corrected chi connectivity index (χ0v) is 25.4. The second kappa shape index (κ2) is 14.6. The van der Waals surface area contributed by atoms with Crippen molar-refractivity contribution in [2.75, 3.05) is 19.6 Å². The molecule has 1 saturated heterocycles. The van der Waals surface area contributed by atoms with Crippen LogP contribution in [0.2, 0.25) is 0 Å². The van der Waals surface area contributed by atoms with E-state index >= 15 is 0 Å². The van der Waals surface area contributed by atoms with Gasteiger partial charge in [0.25, 0.3) is 5.91 Å². The molecule has 1 aliphatic heterocycles. The molecule has 3 aromatic rings. The molecule has 2 aliphatic rings. The summed E-state index contributed by atoms with van der Waals surface area (Å²) in [4.78, 5) is 30.7. The molecule has 0 radical (unpaired) electrons. The molecule has 1 saturated carbocycles. The van der Waals surface area contributed by atoms with Crippen LogP contribution < -0.4 is 20.7 Å². The largest absolute Gasteiger partial charge is 0.465 e. The van der Waals surface area contributed by atoms with Crippen LogP contribution in [0.4, 0.5) is 9.18 Å². The lowest BCUT2D eigenvalue weighted by atomic mass is 9.91. The van der Waals surface area contributed by atoms with Gasteiger partial charge in [0.15, 0.2) is 0 Å². The molecule has 0 bridgehead atoms. The van der Waals surface area contributed by atoms with Gasteiger partial charge in [-0.15, -0.1) is 0 Å². The first kappa shape index (κ1) is 31.4. The first-order chi connectivity index (χ1) is 21.2. The van der Waals surface area contributed by atoms with Gasteiger partial charge in [0.2, 0.25) is 5.88 Å². The molecule has 9 nitrogen and oxygen atoms in total. The number of amides is 2. The molecule has 0 spiro atoms. The summed E-state index contributed by atoms with van der Waals surface area (Å²) in [5.41, 5.74) is 3.31. The Morgan fingerprint density at radius 2 is 1.66 bits per heavy atom. The van der Waals surface area contributed by atoms with E-state index in [-0.39, 0.29) is 23.5 Å². The number of nitrogens with one attached hydrogen (secondary N) is 3. The number of hydrogen-bond acceptors (Lipinski definition) is 6. The zero-order chi connectivity index (χ0) is 31.1. The fourth-order valence-corrected chi connectivity index (χ4v) is 6.33. The molecule has 234 valence electrons. The van der Waals surface area contributed by atoms with Crippen molar-refractivity contribution in [3.8, 4) is 22.8 Å². The number of ether oxygens (including phenoxy) is 1. The average molecular weight is 604 g/mol. The molecule has 0 unspecified atom stereocenters. The fraction of sp³-hybridized carbons (Fsp3) is 0.441. The van der Waals surface area contributed by atoms with Gasteiger partial charge in [0.1, 0.15) is 17.1 Å². The van der Waals surface area contributed by atoms with E-state index in [2.05, 4.69) is 63.9 Å². The van der Waals surface area contributed by atoms with Crippen molar-refractivity contribution in [1.82, 2.24) is 25.8 Å². The van der Waals surface area contributed by atoms with Crippen LogP contribution in [0.5, 0.6) is 11.6 Å². The molecular formula is C34H42FN5O4. The predicted octanol–water partition coefficient (Wildman–Crippen LogP) is 5.60. The van der Waals surface area contributed by atoms with Crippen molar-refractivity contribution < 1.29 is 23.8 Å². The van der Waals surface area contributed by atoms with E-state index in [1.54, 1.807) is 6.07 Å². The van der Waals surface area contributed by atoms with Gasteiger partial charge in [0, 0.05) is 37.3 Å². The number of benzene rings is 2. The van der Waals surface area contributed by atoms with E-state index in [1.165, 1.54) is 5.56 Å². The van der Waals surface area contributed by atoms with Crippen molar-refractivity contribution in [2.45, 2.75) is 76.5 Å². The van der Waals surface area contributed by atoms with Crippen molar-refractivity contribution in [1.29, 1.82) is 0 Å². The van der Waals surface area contributed by atoms with Gasteiger partial charge in [-0.2, -0.15) is 0 Å². The number of carboxylic acid groups (broad SMARTS) is 1. The number of aromatic nitrogens is 1. The zero-order valence-electron chi connectivity index (χ0n) is 25.4. The van der Waals surface area contributed by atoms with Gasteiger partial charge >= 0.3 is 6.09 Å². The van der Waals surface area contributed by atoms with Gasteiger partial charge in [0.05, 0.1) is 6.20 Å². The Kier molecular flexibility index (Phi) is 10.4. The smallest absolute Gasteiger partial charge is 0.404 e. The van der Waals surface area contributed by atoms with E-state index in [0.29, 0.717) is 43.5 Å². The van der Waals surface area contributed by atoms with Crippen LogP contribution in [0, 0.1) is 5.82 Å². The molecule has 4 N–H and O–H groups in total. The first-order valence-electron chi connectivity index (χ1n) is 15.5. The van der Waals surface area contributed by atoms with Crippen LogP contribution in [0.15, 0.2) is 60.8 Å². The van der Waals surface area contributed by atoms with Crippen molar-refractivity contribution in [3.63, 3.8) is 0 Å². The maximum atomic E-state index is 14.2. The van der Waals surface area contributed by atoms with Gasteiger partial charge < -0.3 is 30.7 Å². The highest BCUT2D eigenvalue weighted by Gasteiger charge is 2.26. The van der Waals surface area contributed by atoms with Gasteiger partial charge in [-0.25, -0.2) is 14.2 Å². The summed E-state index contributed by atoms with van der Waals surface area (Å²) in [6.45, 7) is 7.77. The highest BCUT2D eigenvalue weighted by atomic mass is 19.1. The van der Waals surface area contributed by atoms with Gasteiger partial charge in [-0.3, -0.25) is 4.79 Å². The molecule has 2 amide bonds. The highest BCUT2D eigenvalue weighted by Crippen LogP contribution is 2.29. The number of halogens is 1. The lowest BCUT2D eigenvalue weighted by Crippen LogP contribution is -2.54. The summed E-state index contributed by atoms with van der Waals surface area (Å²) in [7, 11) is 0. The van der Waals surface area contributed by atoms with E-state index in [4.69, 9.17) is 9.84 Å². The molecule has 1 aliphatic carbocycles. The standard InChI is InChI=1S/C34H42FN5O4/c1-22-20-40(21-23(2)37-22)16-4-5-24-8-10-25(11-9-24)26-6-3-7-30(17-26)44-33-31(18-27(35)19-36-33)32(41)38-28-12-14-29(15-13-28)39-34(42)43/h3,6-11,17-19,22-23,28-29,37,39H,4-5,12-16,20-21H2,1-2H3,(H,38,41)(H,42,43)/t22-,23+,28?,29?. The van der Waals surface area contributed by atoms with Crippen LogP contribution in [-0.2, 0) is 6.42 Å². The number of hydrogen-bond donors (Lipinski definition) is 4. The molecule has 2 fully saturated rings. The molecule has 2 aromatic carbocycles. The Hall–Kier alpha value is -4.02. The molecule has 1 aromatic heterocycles. The Balaban J connectivity index is 1.18. The van der Waals surface area contributed by atoms with Crippen LogP contribution in [0.25, 0.3) is 11.1 Å². The molecule has 2 atom stereocenters. The van der Waals surface area contributed by atoms with Crippen molar-refractivity contribution in [2.24, 2.45) is 0 Å². The topological polar surface area (TPSA) is 116 Å². The third-order valence-electron chi connectivity index (χ3n) is 8.36. The highest BCUT2D eigenvalue weighted by molar-refractivity contribution is 5.96. The fourth-order valence-electron chi connectivity index (χ4n) is 6.33. The van der Waals surface area contributed by atoms with Gasteiger partial charge in [-0.05, 0) is 93.8 Å². The number of carbonyl (C=O) groups excluding carboxylic acids is 1. The number of pyridine rings is 1. The van der Waals surface area contributed by atoms with Gasteiger partial charge in [-0.1, -0.05) is 36.4 Å². The number of rotatable bonds is 10. The summed E-state index contributed by atoms with van der Waals surface area (Å²) >= 11 is 0. The van der Waals surface area contributed by atoms with Crippen molar-refractivity contribution in [3.05, 3.63) is 77.7 Å². The number of aryl methyl sites for hydroxylation is 1. The molecular weight excluding hydrogens is 561 g/mol. The minimum Gasteiger partial charge on any atom is -0.465 e. The van der Waals surface area contributed by atoms with Crippen molar-refractivity contribution >= 4 is 12.0 Å². The first-order valence-corrected chi connectivity index (χ1v) is 15.5. The molecule has 10 heteroatoms. The Morgan fingerprint density at radius 3 is 2.34 bits per heavy atom. The quantitative estimate of drug-likeness (QED) is 0.238. The molecule has 2 heterocycles. The lowest BCUT2D eigenvalue weighted by molar-refractivity contribution is 0.0919. The normalized spacial score (nSPS) is 22.2.